The SMILES string of the molecule is Cc1nc(NCCC#N)cc(NCc2ccccn2)n1. The van der Waals surface area contributed by atoms with Gasteiger partial charge in [-0.1, -0.05) is 6.07 Å². The maximum atomic E-state index is 8.52. The van der Waals surface area contributed by atoms with Gasteiger partial charge in [0.2, 0.25) is 0 Å². The first-order chi connectivity index (χ1) is 9.78. The van der Waals surface area contributed by atoms with E-state index in [4.69, 9.17) is 5.26 Å². The Morgan fingerprint density at radius 2 is 2.00 bits per heavy atom. The fourth-order valence-corrected chi connectivity index (χ4v) is 1.68. The number of aromatic nitrogens is 3. The van der Waals surface area contributed by atoms with Crippen LogP contribution in [-0.2, 0) is 6.54 Å². The largest absolute Gasteiger partial charge is 0.369 e. The summed E-state index contributed by atoms with van der Waals surface area (Å²) >= 11 is 0. The third-order valence-electron chi connectivity index (χ3n) is 2.56. The maximum absolute atomic E-state index is 8.52. The predicted octanol–water partition coefficient (Wildman–Crippen LogP) is 2.12. The van der Waals surface area contributed by atoms with Crippen LogP contribution >= 0.6 is 0 Å². The molecule has 0 aliphatic heterocycles. The summed E-state index contributed by atoms with van der Waals surface area (Å²) in [5.74, 6) is 2.13. The molecule has 0 aliphatic carbocycles. The number of nitriles is 1. The molecule has 6 heteroatoms. The fourth-order valence-electron chi connectivity index (χ4n) is 1.68. The molecule has 0 unspecified atom stereocenters. The highest BCUT2D eigenvalue weighted by molar-refractivity contribution is 5.47. The van der Waals surface area contributed by atoms with E-state index in [1.165, 1.54) is 0 Å². The van der Waals surface area contributed by atoms with Crippen molar-refractivity contribution >= 4 is 11.6 Å². The molecule has 0 aliphatic rings. The smallest absolute Gasteiger partial charge is 0.132 e. The molecular weight excluding hydrogens is 252 g/mol. The Bertz CT molecular complexity index is 590. The normalized spacial score (nSPS) is 9.80. The fraction of sp³-hybridized carbons (Fsp3) is 0.286. The van der Waals surface area contributed by atoms with E-state index in [-0.39, 0.29) is 0 Å². The average molecular weight is 268 g/mol. The number of nitrogens with one attached hydrogen (secondary N) is 2. The highest BCUT2D eigenvalue weighted by atomic mass is 15.1. The first-order valence-electron chi connectivity index (χ1n) is 6.38. The summed E-state index contributed by atoms with van der Waals surface area (Å²) in [7, 11) is 0. The van der Waals surface area contributed by atoms with Crippen LogP contribution in [0.2, 0.25) is 0 Å². The van der Waals surface area contributed by atoms with Crippen molar-refractivity contribution in [3.63, 3.8) is 0 Å². The van der Waals surface area contributed by atoms with Gasteiger partial charge in [-0.2, -0.15) is 5.26 Å². The number of aryl methyl sites for hydroxylation is 1. The van der Waals surface area contributed by atoms with E-state index in [1.54, 1.807) is 6.20 Å². The summed E-state index contributed by atoms with van der Waals surface area (Å²) in [5.41, 5.74) is 0.947. The molecule has 0 atom stereocenters. The standard InChI is InChI=1S/C14H16N6/c1-11-19-13(17-8-4-6-15)9-14(20-11)18-10-12-5-2-3-7-16-12/h2-3,5,7,9H,4,8,10H2,1H3,(H2,17,18,19,20). The van der Waals surface area contributed by atoms with Crippen LogP contribution in [0.3, 0.4) is 0 Å². The zero-order chi connectivity index (χ0) is 14.2. The third kappa shape index (κ3) is 4.21. The van der Waals surface area contributed by atoms with Crippen molar-refractivity contribution in [2.24, 2.45) is 0 Å². The van der Waals surface area contributed by atoms with Gasteiger partial charge in [-0.3, -0.25) is 4.98 Å². The van der Waals surface area contributed by atoms with Crippen molar-refractivity contribution < 1.29 is 0 Å². The Balaban J connectivity index is 1.99. The van der Waals surface area contributed by atoms with Crippen molar-refractivity contribution in [3.8, 4) is 6.07 Å². The first kappa shape index (κ1) is 13.7. The minimum Gasteiger partial charge on any atom is -0.369 e. The molecule has 2 rings (SSSR count). The third-order valence-corrected chi connectivity index (χ3v) is 2.56. The quantitative estimate of drug-likeness (QED) is 0.780. The van der Waals surface area contributed by atoms with Gasteiger partial charge in [-0.25, -0.2) is 9.97 Å². The summed E-state index contributed by atoms with van der Waals surface area (Å²) < 4.78 is 0. The molecule has 102 valence electrons. The Hall–Kier alpha value is -2.68. The van der Waals surface area contributed by atoms with Crippen LogP contribution < -0.4 is 10.6 Å². The number of anilines is 2. The monoisotopic (exact) mass is 268 g/mol. The lowest BCUT2D eigenvalue weighted by molar-refractivity contribution is 0.980. The molecule has 2 aromatic heterocycles. The van der Waals surface area contributed by atoms with Crippen LogP contribution in [0.1, 0.15) is 17.9 Å². The molecule has 0 radical (unpaired) electrons. The predicted molar refractivity (Wildman–Crippen MR) is 77.1 cm³/mol. The van der Waals surface area contributed by atoms with Crippen LogP contribution in [-0.4, -0.2) is 21.5 Å². The summed E-state index contributed by atoms with van der Waals surface area (Å²) in [6.45, 7) is 3.02. The van der Waals surface area contributed by atoms with Gasteiger partial charge in [0, 0.05) is 18.8 Å². The zero-order valence-electron chi connectivity index (χ0n) is 11.3. The Morgan fingerprint density at radius 3 is 2.70 bits per heavy atom. The molecule has 0 saturated heterocycles. The van der Waals surface area contributed by atoms with E-state index in [1.807, 2.05) is 31.2 Å². The molecule has 0 fully saturated rings. The van der Waals surface area contributed by atoms with Crippen LogP contribution in [0.5, 0.6) is 0 Å². The van der Waals surface area contributed by atoms with E-state index in [2.05, 4.69) is 31.7 Å². The van der Waals surface area contributed by atoms with Crippen LogP contribution in [0, 0.1) is 18.3 Å². The molecule has 20 heavy (non-hydrogen) atoms. The van der Waals surface area contributed by atoms with Crippen molar-refractivity contribution in [1.82, 2.24) is 15.0 Å². The van der Waals surface area contributed by atoms with Crippen molar-refractivity contribution in [1.29, 1.82) is 5.26 Å². The van der Waals surface area contributed by atoms with Gasteiger partial charge in [0.1, 0.15) is 17.5 Å². The van der Waals surface area contributed by atoms with Crippen LogP contribution in [0.25, 0.3) is 0 Å². The number of hydrogen-bond donors (Lipinski definition) is 2. The van der Waals surface area contributed by atoms with Gasteiger partial charge in [0.15, 0.2) is 0 Å². The van der Waals surface area contributed by atoms with E-state index in [0.717, 1.165) is 17.3 Å². The molecule has 0 bridgehead atoms. The summed E-state index contributed by atoms with van der Waals surface area (Å²) in [6.07, 6.45) is 2.21. The van der Waals surface area contributed by atoms with Gasteiger partial charge >= 0.3 is 0 Å². The van der Waals surface area contributed by atoms with E-state index < -0.39 is 0 Å². The van der Waals surface area contributed by atoms with Gasteiger partial charge in [0.05, 0.1) is 24.7 Å². The lowest BCUT2D eigenvalue weighted by Gasteiger charge is -2.09. The van der Waals surface area contributed by atoms with E-state index in [0.29, 0.717) is 25.3 Å². The maximum Gasteiger partial charge on any atom is 0.132 e. The summed E-state index contributed by atoms with van der Waals surface area (Å²) in [6, 6.07) is 9.70. The minimum atomic E-state index is 0.444. The summed E-state index contributed by atoms with van der Waals surface area (Å²) in [4.78, 5) is 12.8. The van der Waals surface area contributed by atoms with Gasteiger partial charge in [0.25, 0.3) is 0 Å². The Labute approximate surface area is 117 Å². The van der Waals surface area contributed by atoms with Crippen molar-refractivity contribution in [3.05, 3.63) is 42.0 Å². The first-order valence-corrected chi connectivity index (χ1v) is 6.38. The average Bonchev–Trinajstić information content (AvgIpc) is 2.46. The molecule has 0 saturated carbocycles. The number of pyridine rings is 1. The van der Waals surface area contributed by atoms with Gasteiger partial charge < -0.3 is 10.6 Å². The zero-order valence-corrected chi connectivity index (χ0v) is 11.3. The molecule has 6 nitrogen and oxygen atoms in total. The Morgan fingerprint density at radius 1 is 1.20 bits per heavy atom. The van der Waals surface area contributed by atoms with E-state index in [9.17, 15) is 0 Å². The molecule has 0 aromatic carbocycles. The van der Waals surface area contributed by atoms with E-state index >= 15 is 0 Å². The number of hydrogen-bond acceptors (Lipinski definition) is 6. The number of nitrogens with zero attached hydrogens (tertiary/aromatic N) is 4. The molecule has 2 aromatic rings. The van der Waals surface area contributed by atoms with Gasteiger partial charge in [-0.05, 0) is 19.1 Å². The second-order valence-corrected chi connectivity index (χ2v) is 4.20. The molecule has 2 N–H and O–H groups in total. The van der Waals surface area contributed by atoms with Gasteiger partial charge in [-0.15, -0.1) is 0 Å². The lowest BCUT2D eigenvalue weighted by Crippen LogP contribution is -2.08. The van der Waals surface area contributed by atoms with Crippen LogP contribution in [0.15, 0.2) is 30.5 Å². The highest BCUT2D eigenvalue weighted by Gasteiger charge is 2.02. The van der Waals surface area contributed by atoms with Crippen molar-refractivity contribution in [2.75, 3.05) is 17.2 Å². The van der Waals surface area contributed by atoms with Crippen LogP contribution in [0.4, 0.5) is 11.6 Å². The summed E-state index contributed by atoms with van der Waals surface area (Å²) in [5, 5.41) is 14.8. The molecule has 2 heterocycles. The Kier molecular flexibility index (Phi) is 4.84. The molecular formula is C14H16N6. The second-order valence-electron chi connectivity index (χ2n) is 4.20. The second kappa shape index (κ2) is 7.04. The highest BCUT2D eigenvalue weighted by Crippen LogP contribution is 2.12. The number of rotatable bonds is 6. The molecule has 0 amide bonds. The lowest BCUT2D eigenvalue weighted by atomic mass is 10.3. The molecule has 0 spiro atoms. The van der Waals surface area contributed by atoms with Crippen molar-refractivity contribution in [2.45, 2.75) is 19.9 Å². The minimum absolute atomic E-state index is 0.444. The topological polar surface area (TPSA) is 86.5 Å².